The number of fused-ring (bicyclic) bond motifs is 1. The molecule has 3 heterocycles. The first kappa shape index (κ1) is 21.2. The summed E-state index contributed by atoms with van der Waals surface area (Å²) in [4.78, 5) is 21.1. The lowest BCUT2D eigenvalue weighted by Gasteiger charge is -2.41. The molecule has 1 amide bonds. The van der Waals surface area contributed by atoms with Crippen molar-refractivity contribution in [3.8, 4) is 0 Å². The summed E-state index contributed by atoms with van der Waals surface area (Å²) in [5.41, 5.74) is 2.91. The summed E-state index contributed by atoms with van der Waals surface area (Å²) in [5.74, 6) is 1.16. The van der Waals surface area contributed by atoms with Gasteiger partial charge in [-0.05, 0) is 37.8 Å². The number of likely N-dealkylation sites (tertiary alicyclic amines) is 1. The van der Waals surface area contributed by atoms with Crippen LogP contribution < -0.4 is 15.5 Å². The third kappa shape index (κ3) is 4.23. The first-order valence-electron chi connectivity index (χ1n) is 10.2. The van der Waals surface area contributed by atoms with Crippen molar-refractivity contribution < 1.29 is 4.79 Å². The molecule has 0 radical (unpaired) electrons. The van der Waals surface area contributed by atoms with E-state index < -0.39 is 0 Å². The summed E-state index contributed by atoms with van der Waals surface area (Å²) < 4.78 is 0. The minimum atomic E-state index is 0. The van der Waals surface area contributed by atoms with Crippen LogP contribution in [0.3, 0.4) is 0 Å². The number of para-hydroxylation sites is 1. The molecule has 154 valence electrons. The average molecular weight is 497 g/mol. The van der Waals surface area contributed by atoms with E-state index in [1.54, 1.807) is 0 Å². The van der Waals surface area contributed by atoms with Gasteiger partial charge in [0.2, 0.25) is 5.91 Å². The van der Waals surface area contributed by atoms with Gasteiger partial charge >= 0.3 is 0 Å². The maximum atomic E-state index is 11.7. The molecular formula is C21H32IN5O. The largest absolute Gasteiger partial charge is 0.366 e. The van der Waals surface area contributed by atoms with Crippen molar-refractivity contribution in [2.75, 3.05) is 44.7 Å². The highest BCUT2D eigenvalue weighted by atomic mass is 127. The molecule has 0 bridgehead atoms. The zero-order valence-electron chi connectivity index (χ0n) is 16.9. The fourth-order valence-electron chi connectivity index (χ4n) is 4.93. The summed E-state index contributed by atoms with van der Waals surface area (Å²) in [7, 11) is 1.86. The fraction of sp³-hybridized carbons (Fsp3) is 0.619. The van der Waals surface area contributed by atoms with E-state index in [4.69, 9.17) is 0 Å². The Kier molecular flexibility index (Phi) is 6.73. The average Bonchev–Trinajstić information content (AvgIpc) is 3.26. The second-order valence-electron chi connectivity index (χ2n) is 8.33. The van der Waals surface area contributed by atoms with Crippen molar-refractivity contribution in [3.05, 3.63) is 29.8 Å². The molecule has 4 rings (SSSR count). The maximum Gasteiger partial charge on any atom is 0.220 e. The molecule has 28 heavy (non-hydrogen) atoms. The van der Waals surface area contributed by atoms with Gasteiger partial charge in [-0.2, -0.15) is 0 Å². The lowest BCUT2D eigenvalue weighted by Crippen LogP contribution is -2.53. The van der Waals surface area contributed by atoms with Gasteiger partial charge in [0, 0.05) is 63.3 Å². The van der Waals surface area contributed by atoms with Gasteiger partial charge in [-0.3, -0.25) is 9.79 Å². The van der Waals surface area contributed by atoms with Crippen molar-refractivity contribution in [1.82, 2.24) is 15.5 Å². The van der Waals surface area contributed by atoms with Gasteiger partial charge < -0.3 is 20.4 Å². The Hall–Kier alpha value is -1.51. The number of nitrogens with zero attached hydrogens (tertiary/aromatic N) is 3. The Labute approximate surface area is 185 Å². The van der Waals surface area contributed by atoms with Gasteiger partial charge in [0.25, 0.3) is 0 Å². The SMILES string of the molecule is CN=C(NCC(C)N1CCc2ccccc21)N1CCCC2(CNC(=O)C2)C1.I. The minimum absolute atomic E-state index is 0. The smallest absolute Gasteiger partial charge is 0.220 e. The van der Waals surface area contributed by atoms with Gasteiger partial charge in [-0.15, -0.1) is 24.0 Å². The van der Waals surface area contributed by atoms with E-state index in [1.807, 2.05) is 7.05 Å². The van der Waals surface area contributed by atoms with Crippen LogP contribution in [-0.4, -0.2) is 62.6 Å². The molecule has 6 nitrogen and oxygen atoms in total. The van der Waals surface area contributed by atoms with E-state index in [0.717, 1.165) is 57.9 Å². The number of hydrogen-bond donors (Lipinski definition) is 2. The maximum absolute atomic E-state index is 11.7. The van der Waals surface area contributed by atoms with Crippen molar-refractivity contribution in [1.29, 1.82) is 0 Å². The Bertz CT molecular complexity index is 739. The predicted molar refractivity (Wildman–Crippen MR) is 125 cm³/mol. The highest BCUT2D eigenvalue weighted by molar-refractivity contribution is 14.0. The standard InChI is InChI=1S/C21H31N5O.HI/c1-16(26-11-8-17-6-3-4-7-18(17)26)13-23-20(22-2)25-10-5-9-21(15-25)12-19(27)24-14-21;/h3-4,6-7,16H,5,8-15H2,1-2H3,(H,22,23)(H,24,27);1H. The van der Waals surface area contributed by atoms with E-state index >= 15 is 0 Å². The molecule has 3 aliphatic rings. The second kappa shape index (κ2) is 8.88. The Morgan fingerprint density at radius 3 is 2.93 bits per heavy atom. The van der Waals surface area contributed by atoms with Crippen LogP contribution in [0.5, 0.6) is 0 Å². The van der Waals surface area contributed by atoms with E-state index in [0.29, 0.717) is 12.5 Å². The van der Waals surface area contributed by atoms with Crippen LogP contribution in [0, 0.1) is 5.41 Å². The van der Waals surface area contributed by atoms with Crippen LogP contribution in [0.4, 0.5) is 5.69 Å². The summed E-state index contributed by atoms with van der Waals surface area (Å²) >= 11 is 0. The molecule has 2 fully saturated rings. The highest BCUT2D eigenvalue weighted by Crippen LogP contribution is 2.36. The molecule has 3 aliphatic heterocycles. The first-order valence-corrected chi connectivity index (χ1v) is 10.2. The number of rotatable bonds is 3. The van der Waals surface area contributed by atoms with Crippen molar-refractivity contribution in [2.24, 2.45) is 10.4 Å². The molecule has 0 saturated carbocycles. The van der Waals surface area contributed by atoms with Crippen LogP contribution >= 0.6 is 24.0 Å². The van der Waals surface area contributed by atoms with Crippen LogP contribution in [0.15, 0.2) is 29.3 Å². The Morgan fingerprint density at radius 2 is 2.18 bits per heavy atom. The van der Waals surface area contributed by atoms with Gasteiger partial charge in [-0.1, -0.05) is 18.2 Å². The lowest BCUT2D eigenvalue weighted by atomic mass is 9.79. The highest BCUT2D eigenvalue weighted by Gasteiger charge is 2.42. The third-order valence-electron chi connectivity index (χ3n) is 6.38. The quantitative estimate of drug-likeness (QED) is 0.382. The number of benzene rings is 1. The number of hydrogen-bond acceptors (Lipinski definition) is 3. The van der Waals surface area contributed by atoms with E-state index in [2.05, 4.69) is 56.6 Å². The fourth-order valence-corrected chi connectivity index (χ4v) is 4.93. The van der Waals surface area contributed by atoms with Crippen LogP contribution in [0.2, 0.25) is 0 Å². The van der Waals surface area contributed by atoms with E-state index in [1.165, 1.54) is 11.3 Å². The first-order chi connectivity index (χ1) is 13.1. The monoisotopic (exact) mass is 497 g/mol. The van der Waals surface area contributed by atoms with Crippen molar-refractivity contribution >= 4 is 41.5 Å². The molecule has 2 saturated heterocycles. The molecule has 1 spiro atoms. The number of anilines is 1. The lowest BCUT2D eigenvalue weighted by molar-refractivity contribution is -0.119. The third-order valence-corrected chi connectivity index (χ3v) is 6.38. The number of guanidine groups is 1. The summed E-state index contributed by atoms with van der Waals surface area (Å²) in [6, 6.07) is 9.12. The molecule has 7 heteroatoms. The van der Waals surface area contributed by atoms with Gasteiger partial charge in [0.15, 0.2) is 5.96 Å². The normalized spacial score (nSPS) is 25.4. The number of piperidine rings is 1. The number of nitrogens with one attached hydrogen (secondary N) is 2. The Balaban J connectivity index is 0.00000225. The van der Waals surface area contributed by atoms with Crippen molar-refractivity contribution in [3.63, 3.8) is 0 Å². The number of aliphatic imine (C=N–C) groups is 1. The van der Waals surface area contributed by atoms with Gasteiger partial charge in [0.1, 0.15) is 0 Å². The molecule has 1 aromatic carbocycles. The van der Waals surface area contributed by atoms with Crippen LogP contribution in [-0.2, 0) is 11.2 Å². The number of halogens is 1. The summed E-state index contributed by atoms with van der Waals surface area (Å²) in [6.07, 6.45) is 4.03. The number of carbonyl (C=O) groups is 1. The molecule has 1 aromatic rings. The molecular weight excluding hydrogens is 465 g/mol. The van der Waals surface area contributed by atoms with Crippen LogP contribution in [0.1, 0.15) is 31.7 Å². The molecule has 2 atom stereocenters. The molecule has 2 N–H and O–H groups in total. The number of carbonyl (C=O) groups excluding carboxylic acids is 1. The summed E-state index contributed by atoms with van der Waals surface area (Å²) in [6.45, 7) is 6.95. The zero-order valence-corrected chi connectivity index (χ0v) is 19.2. The van der Waals surface area contributed by atoms with Gasteiger partial charge in [0.05, 0.1) is 0 Å². The number of amides is 1. The molecule has 2 unspecified atom stereocenters. The topological polar surface area (TPSA) is 60.0 Å². The molecule has 0 aromatic heterocycles. The van der Waals surface area contributed by atoms with E-state index in [9.17, 15) is 4.79 Å². The minimum Gasteiger partial charge on any atom is -0.366 e. The predicted octanol–water partition coefficient (Wildman–Crippen LogP) is 2.23. The second-order valence-corrected chi connectivity index (χ2v) is 8.33. The van der Waals surface area contributed by atoms with Crippen LogP contribution in [0.25, 0.3) is 0 Å². The van der Waals surface area contributed by atoms with E-state index in [-0.39, 0.29) is 35.3 Å². The molecule has 0 aliphatic carbocycles. The zero-order chi connectivity index (χ0) is 18.9. The van der Waals surface area contributed by atoms with Gasteiger partial charge in [-0.25, -0.2) is 0 Å². The van der Waals surface area contributed by atoms with Crippen molar-refractivity contribution in [2.45, 2.75) is 38.6 Å². The Morgan fingerprint density at radius 1 is 1.36 bits per heavy atom. The summed E-state index contributed by atoms with van der Waals surface area (Å²) in [5, 5.41) is 6.61.